The van der Waals surface area contributed by atoms with Crippen molar-refractivity contribution in [2.24, 2.45) is 0 Å². The molecule has 1 N–H and O–H groups in total. The zero-order chi connectivity index (χ0) is 13.5. The number of halogens is 1. The smallest absolute Gasteiger partial charge is 0.127 e. The number of likely N-dealkylation sites (N-methyl/N-ethyl adjacent to an activating group) is 1. The van der Waals surface area contributed by atoms with E-state index in [2.05, 4.69) is 22.2 Å². The van der Waals surface area contributed by atoms with Crippen LogP contribution in [0.2, 0.25) is 0 Å². The van der Waals surface area contributed by atoms with Gasteiger partial charge in [0, 0.05) is 38.3 Å². The third kappa shape index (κ3) is 4.90. The van der Waals surface area contributed by atoms with Crippen LogP contribution in [0.15, 0.2) is 24.3 Å². The Kier molecular flexibility index (Phi) is 5.76. The molecule has 4 heteroatoms. The lowest BCUT2D eigenvalue weighted by Crippen LogP contribution is -2.45. The number of hydrogen-bond acceptors (Lipinski definition) is 3. The van der Waals surface area contributed by atoms with Crippen LogP contribution in [0, 0.1) is 5.82 Å². The maximum absolute atomic E-state index is 13.4. The number of benzene rings is 1. The summed E-state index contributed by atoms with van der Waals surface area (Å²) >= 11 is 0. The lowest BCUT2D eigenvalue weighted by atomic mass is 10.2. The van der Waals surface area contributed by atoms with E-state index in [0.29, 0.717) is 6.54 Å². The Bertz CT molecular complexity index is 375. The fourth-order valence-electron chi connectivity index (χ4n) is 2.36. The van der Waals surface area contributed by atoms with Gasteiger partial charge in [0.1, 0.15) is 5.82 Å². The van der Waals surface area contributed by atoms with Crippen molar-refractivity contribution in [1.29, 1.82) is 0 Å². The number of hydrogen-bond donors (Lipinski definition) is 1. The van der Waals surface area contributed by atoms with Crippen LogP contribution in [-0.4, -0.2) is 56.1 Å². The molecule has 2 rings (SSSR count). The molecule has 106 valence electrons. The van der Waals surface area contributed by atoms with Crippen LogP contribution in [0.1, 0.15) is 12.0 Å². The average molecular weight is 265 g/mol. The summed E-state index contributed by atoms with van der Waals surface area (Å²) in [5.74, 6) is -0.117. The van der Waals surface area contributed by atoms with E-state index >= 15 is 0 Å². The number of nitrogens with zero attached hydrogens (tertiary/aromatic N) is 2. The lowest BCUT2D eigenvalue weighted by Gasteiger charge is -2.32. The average Bonchev–Trinajstić information content (AvgIpc) is 2.42. The van der Waals surface area contributed by atoms with Gasteiger partial charge in [0.15, 0.2) is 0 Å². The Morgan fingerprint density at radius 3 is 2.63 bits per heavy atom. The van der Waals surface area contributed by atoms with Gasteiger partial charge < -0.3 is 15.1 Å². The minimum Gasteiger partial charge on any atom is -0.313 e. The zero-order valence-corrected chi connectivity index (χ0v) is 11.7. The fraction of sp³-hybridized carbons (Fsp3) is 0.600. The highest BCUT2D eigenvalue weighted by Crippen LogP contribution is 2.05. The standard InChI is InChI=1S/C15H24FN3/c1-18-9-11-19(12-10-18)8-4-7-17-13-14-5-2-3-6-15(14)16/h2-3,5-6,17H,4,7-13H2,1H3. The molecule has 1 aliphatic heterocycles. The number of piperazine rings is 1. The third-order valence-corrected chi connectivity index (χ3v) is 3.70. The quantitative estimate of drug-likeness (QED) is 0.787. The van der Waals surface area contributed by atoms with Crippen LogP contribution in [0.3, 0.4) is 0 Å². The van der Waals surface area contributed by atoms with Crippen molar-refractivity contribution in [3.8, 4) is 0 Å². The van der Waals surface area contributed by atoms with Crippen molar-refractivity contribution in [2.75, 3.05) is 46.3 Å². The molecule has 1 aromatic rings. The molecule has 1 fully saturated rings. The maximum atomic E-state index is 13.4. The minimum absolute atomic E-state index is 0.117. The summed E-state index contributed by atoms with van der Waals surface area (Å²) < 4.78 is 13.4. The van der Waals surface area contributed by atoms with Gasteiger partial charge in [-0.05, 0) is 32.6 Å². The molecule has 0 radical (unpaired) electrons. The summed E-state index contributed by atoms with van der Waals surface area (Å²) in [5.41, 5.74) is 0.752. The summed E-state index contributed by atoms with van der Waals surface area (Å²) in [6.45, 7) is 7.38. The highest BCUT2D eigenvalue weighted by molar-refractivity contribution is 5.16. The van der Waals surface area contributed by atoms with Gasteiger partial charge >= 0.3 is 0 Å². The molecular weight excluding hydrogens is 241 g/mol. The molecule has 0 spiro atoms. The normalized spacial score (nSPS) is 17.8. The number of nitrogens with one attached hydrogen (secondary N) is 1. The van der Waals surface area contributed by atoms with Crippen LogP contribution in [0.25, 0.3) is 0 Å². The molecule has 1 saturated heterocycles. The SMILES string of the molecule is CN1CCN(CCCNCc2ccccc2F)CC1. The first-order valence-corrected chi connectivity index (χ1v) is 7.11. The van der Waals surface area contributed by atoms with E-state index in [9.17, 15) is 4.39 Å². The summed E-state index contributed by atoms with van der Waals surface area (Å²) in [6, 6.07) is 6.96. The Hall–Kier alpha value is -0.970. The second kappa shape index (κ2) is 7.58. The van der Waals surface area contributed by atoms with Crippen LogP contribution in [0.4, 0.5) is 4.39 Å². The maximum Gasteiger partial charge on any atom is 0.127 e. The Balaban J connectivity index is 1.56. The summed E-state index contributed by atoms with van der Waals surface area (Å²) in [5, 5.41) is 3.31. The van der Waals surface area contributed by atoms with Gasteiger partial charge in [0.25, 0.3) is 0 Å². The molecule has 0 aromatic heterocycles. The van der Waals surface area contributed by atoms with Gasteiger partial charge in [-0.15, -0.1) is 0 Å². The summed E-state index contributed by atoms with van der Waals surface area (Å²) in [6.07, 6.45) is 1.12. The predicted molar refractivity (Wildman–Crippen MR) is 76.7 cm³/mol. The van der Waals surface area contributed by atoms with Crippen LogP contribution in [0.5, 0.6) is 0 Å². The molecule has 19 heavy (non-hydrogen) atoms. The lowest BCUT2D eigenvalue weighted by molar-refractivity contribution is 0.152. The summed E-state index contributed by atoms with van der Waals surface area (Å²) in [7, 11) is 2.17. The van der Waals surface area contributed by atoms with Gasteiger partial charge in [-0.2, -0.15) is 0 Å². The highest BCUT2D eigenvalue weighted by atomic mass is 19.1. The van der Waals surface area contributed by atoms with Crippen molar-refractivity contribution in [3.05, 3.63) is 35.6 Å². The molecule has 0 bridgehead atoms. The van der Waals surface area contributed by atoms with Crippen LogP contribution in [-0.2, 0) is 6.54 Å². The van der Waals surface area contributed by atoms with Crippen molar-refractivity contribution >= 4 is 0 Å². The Morgan fingerprint density at radius 1 is 1.16 bits per heavy atom. The van der Waals surface area contributed by atoms with Crippen molar-refractivity contribution in [3.63, 3.8) is 0 Å². The highest BCUT2D eigenvalue weighted by Gasteiger charge is 2.12. The van der Waals surface area contributed by atoms with E-state index in [1.54, 1.807) is 6.07 Å². The van der Waals surface area contributed by atoms with E-state index in [4.69, 9.17) is 0 Å². The van der Waals surface area contributed by atoms with E-state index in [-0.39, 0.29) is 5.82 Å². The zero-order valence-electron chi connectivity index (χ0n) is 11.7. The predicted octanol–water partition coefficient (Wildman–Crippen LogP) is 1.55. The second-order valence-electron chi connectivity index (χ2n) is 5.27. The van der Waals surface area contributed by atoms with Crippen LogP contribution < -0.4 is 5.32 Å². The van der Waals surface area contributed by atoms with E-state index < -0.39 is 0 Å². The van der Waals surface area contributed by atoms with Crippen LogP contribution >= 0.6 is 0 Å². The molecule has 1 heterocycles. The first-order chi connectivity index (χ1) is 9.25. The van der Waals surface area contributed by atoms with Gasteiger partial charge in [-0.25, -0.2) is 4.39 Å². The molecular formula is C15H24FN3. The molecule has 0 aliphatic carbocycles. The molecule has 1 aromatic carbocycles. The largest absolute Gasteiger partial charge is 0.313 e. The Morgan fingerprint density at radius 2 is 1.89 bits per heavy atom. The van der Waals surface area contributed by atoms with Gasteiger partial charge in [0.2, 0.25) is 0 Å². The minimum atomic E-state index is -0.117. The molecule has 0 atom stereocenters. The second-order valence-corrected chi connectivity index (χ2v) is 5.27. The first kappa shape index (κ1) is 14.4. The van der Waals surface area contributed by atoms with E-state index in [0.717, 1.165) is 25.1 Å². The fourth-order valence-corrected chi connectivity index (χ4v) is 2.36. The van der Waals surface area contributed by atoms with E-state index in [1.165, 1.54) is 32.2 Å². The third-order valence-electron chi connectivity index (χ3n) is 3.70. The van der Waals surface area contributed by atoms with Gasteiger partial charge in [-0.1, -0.05) is 18.2 Å². The van der Waals surface area contributed by atoms with Gasteiger partial charge in [-0.3, -0.25) is 0 Å². The van der Waals surface area contributed by atoms with E-state index in [1.807, 2.05) is 12.1 Å². The van der Waals surface area contributed by atoms with Crippen molar-refractivity contribution in [2.45, 2.75) is 13.0 Å². The number of rotatable bonds is 6. The summed E-state index contributed by atoms with van der Waals surface area (Å²) in [4.78, 5) is 4.87. The molecule has 0 unspecified atom stereocenters. The van der Waals surface area contributed by atoms with Crippen molar-refractivity contribution in [1.82, 2.24) is 15.1 Å². The first-order valence-electron chi connectivity index (χ1n) is 7.11. The monoisotopic (exact) mass is 265 g/mol. The molecule has 0 saturated carbocycles. The molecule has 3 nitrogen and oxygen atoms in total. The molecule has 1 aliphatic rings. The molecule has 0 amide bonds. The van der Waals surface area contributed by atoms with Gasteiger partial charge in [0.05, 0.1) is 0 Å². The van der Waals surface area contributed by atoms with Crippen molar-refractivity contribution < 1.29 is 4.39 Å². The Labute approximate surface area is 115 Å². The topological polar surface area (TPSA) is 18.5 Å².